The summed E-state index contributed by atoms with van der Waals surface area (Å²) in [6, 6.07) is 19.1. The van der Waals surface area contributed by atoms with E-state index in [1.165, 1.54) is 23.8 Å². The van der Waals surface area contributed by atoms with Crippen LogP contribution in [0.25, 0.3) is 0 Å². The molecule has 0 saturated carbocycles. The molecule has 164 valence electrons. The van der Waals surface area contributed by atoms with Gasteiger partial charge in [-0.2, -0.15) is 0 Å². The Kier molecular flexibility index (Phi) is 6.42. The molecule has 2 amide bonds. The molecule has 1 atom stereocenters. The number of benzene rings is 3. The van der Waals surface area contributed by atoms with Gasteiger partial charge in [0.25, 0.3) is 11.8 Å². The molecule has 3 aromatic carbocycles. The van der Waals surface area contributed by atoms with Crippen molar-refractivity contribution in [2.45, 2.75) is 25.9 Å². The first-order chi connectivity index (χ1) is 15.4. The molecule has 4 rings (SSSR count). The fraction of sp³-hybridized carbons (Fsp3) is 0.200. The molecule has 7 heteroatoms. The summed E-state index contributed by atoms with van der Waals surface area (Å²) in [5, 5.41) is 2.69. The molecular weight excluding hydrogens is 431 g/mol. The van der Waals surface area contributed by atoms with E-state index < -0.39 is 17.8 Å². The Morgan fingerprint density at radius 3 is 2.66 bits per heavy atom. The van der Waals surface area contributed by atoms with Crippen molar-refractivity contribution in [1.82, 2.24) is 0 Å². The number of hydrogen-bond acceptors (Lipinski definition) is 3. The molecule has 1 N–H and O–H groups in total. The van der Waals surface area contributed by atoms with Gasteiger partial charge in [0.2, 0.25) is 0 Å². The van der Waals surface area contributed by atoms with Gasteiger partial charge < -0.3 is 15.0 Å². The number of fused-ring (bicyclic) bond motifs is 1. The minimum atomic E-state index is -0.706. The maximum Gasteiger partial charge on any atom is 0.267 e. The monoisotopic (exact) mass is 452 g/mol. The number of amides is 2. The fourth-order valence-corrected chi connectivity index (χ4v) is 3.96. The minimum Gasteiger partial charge on any atom is -0.479 e. The summed E-state index contributed by atoms with van der Waals surface area (Å²) in [6.45, 7) is 2.22. The summed E-state index contributed by atoms with van der Waals surface area (Å²) in [7, 11) is 0. The van der Waals surface area contributed by atoms with Crippen LogP contribution in [0, 0.1) is 5.82 Å². The van der Waals surface area contributed by atoms with Gasteiger partial charge in [-0.1, -0.05) is 48.0 Å². The lowest BCUT2D eigenvalue weighted by atomic mass is 10.1. The number of nitrogens with one attached hydrogen (secondary N) is 1. The first kappa shape index (κ1) is 21.8. The van der Waals surface area contributed by atoms with E-state index in [-0.39, 0.29) is 16.5 Å². The van der Waals surface area contributed by atoms with Gasteiger partial charge in [0.15, 0.2) is 6.10 Å². The lowest BCUT2D eigenvalue weighted by molar-refractivity contribution is -0.125. The highest BCUT2D eigenvalue weighted by molar-refractivity contribution is 6.34. The fourth-order valence-electron chi connectivity index (χ4n) is 3.71. The lowest BCUT2D eigenvalue weighted by Gasteiger charge is -2.33. The number of nitrogens with zero attached hydrogens (tertiary/aromatic N) is 1. The van der Waals surface area contributed by atoms with E-state index in [0.29, 0.717) is 23.7 Å². The van der Waals surface area contributed by atoms with Crippen LogP contribution in [0.2, 0.25) is 5.02 Å². The SMILES string of the molecule is CC1Oc2ccc(NC(=O)c3c(F)cccc3Cl)cc2N(CCCc2ccccc2)C1=O. The summed E-state index contributed by atoms with van der Waals surface area (Å²) in [5.41, 5.74) is 1.95. The molecule has 3 aromatic rings. The van der Waals surface area contributed by atoms with Crippen molar-refractivity contribution in [3.05, 3.63) is 88.7 Å². The number of carbonyl (C=O) groups excluding carboxylic acids is 2. The van der Waals surface area contributed by atoms with Crippen molar-refractivity contribution in [1.29, 1.82) is 0 Å². The third-order valence-corrected chi connectivity index (χ3v) is 5.62. The lowest BCUT2D eigenvalue weighted by Crippen LogP contribution is -2.45. The van der Waals surface area contributed by atoms with Crippen LogP contribution in [0.3, 0.4) is 0 Å². The molecule has 1 aliphatic rings. The molecule has 0 fully saturated rings. The van der Waals surface area contributed by atoms with Crippen LogP contribution >= 0.6 is 11.6 Å². The van der Waals surface area contributed by atoms with Gasteiger partial charge in [0.05, 0.1) is 16.3 Å². The number of anilines is 2. The van der Waals surface area contributed by atoms with Gasteiger partial charge in [-0.3, -0.25) is 9.59 Å². The van der Waals surface area contributed by atoms with Crippen LogP contribution in [0.1, 0.15) is 29.3 Å². The first-order valence-corrected chi connectivity index (χ1v) is 10.7. The Labute approximate surface area is 190 Å². The molecule has 0 aliphatic carbocycles. The maximum atomic E-state index is 14.1. The highest BCUT2D eigenvalue weighted by atomic mass is 35.5. The molecule has 0 bridgehead atoms. The summed E-state index contributed by atoms with van der Waals surface area (Å²) in [6.07, 6.45) is 0.998. The maximum absolute atomic E-state index is 14.1. The number of ether oxygens (including phenoxy) is 1. The van der Waals surface area contributed by atoms with Crippen molar-refractivity contribution >= 4 is 34.8 Å². The van der Waals surface area contributed by atoms with Gasteiger partial charge in [-0.25, -0.2) is 4.39 Å². The van der Waals surface area contributed by atoms with Crippen molar-refractivity contribution in [3.63, 3.8) is 0 Å². The van der Waals surface area contributed by atoms with Crippen molar-refractivity contribution in [2.75, 3.05) is 16.8 Å². The van der Waals surface area contributed by atoms with Gasteiger partial charge >= 0.3 is 0 Å². The van der Waals surface area contributed by atoms with Gasteiger partial charge in [-0.15, -0.1) is 0 Å². The van der Waals surface area contributed by atoms with Crippen molar-refractivity contribution < 1.29 is 18.7 Å². The molecule has 0 spiro atoms. The van der Waals surface area contributed by atoms with Crippen LogP contribution in [0.15, 0.2) is 66.7 Å². The van der Waals surface area contributed by atoms with Crippen LogP contribution in [-0.2, 0) is 11.2 Å². The number of rotatable bonds is 6. The average molecular weight is 453 g/mol. The summed E-state index contributed by atoms with van der Waals surface area (Å²) < 4.78 is 19.8. The predicted molar refractivity (Wildman–Crippen MR) is 123 cm³/mol. The second kappa shape index (κ2) is 9.40. The van der Waals surface area contributed by atoms with Gasteiger partial charge in [-0.05, 0) is 55.7 Å². The Morgan fingerprint density at radius 2 is 1.91 bits per heavy atom. The number of halogens is 2. The molecule has 0 radical (unpaired) electrons. The highest BCUT2D eigenvalue weighted by Crippen LogP contribution is 2.37. The molecular formula is C25H22ClFN2O3. The zero-order chi connectivity index (χ0) is 22.7. The normalized spacial score (nSPS) is 15.2. The van der Waals surface area contributed by atoms with Gasteiger partial charge in [0.1, 0.15) is 11.6 Å². The number of hydrogen-bond donors (Lipinski definition) is 1. The number of carbonyl (C=O) groups is 2. The second-order valence-corrected chi connectivity index (χ2v) is 7.98. The zero-order valence-corrected chi connectivity index (χ0v) is 18.2. The third kappa shape index (κ3) is 4.60. The third-order valence-electron chi connectivity index (χ3n) is 5.30. The van der Waals surface area contributed by atoms with Crippen LogP contribution in [-0.4, -0.2) is 24.5 Å². The molecule has 1 unspecified atom stereocenters. The molecule has 32 heavy (non-hydrogen) atoms. The minimum absolute atomic E-state index is 0.0235. The van der Waals surface area contributed by atoms with Crippen molar-refractivity contribution in [2.24, 2.45) is 0 Å². The first-order valence-electron chi connectivity index (χ1n) is 10.4. The van der Waals surface area contributed by atoms with E-state index >= 15 is 0 Å². The molecule has 1 aliphatic heterocycles. The smallest absolute Gasteiger partial charge is 0.267 e. The Bertz CT molecular complexity index is 1130. The average Bonchev–Trinajstić information content (AvgIpc) is 2.77. The quantitative estimate of drug-likeness (QED) is 0.539. The van der Waals surface area contributed by atoms with Gasteiger partial charge in [0, 0.05) is 12.2 Å². The molecule has 1 heterocycles. The number of aryl methyl sites for hydroxylation is 1. The summed E-state index contributed by atoms with van der Waals surface area (Å²) >= 11 is 6.00. The topological polar surface area (TPSA) is 58.6 Å². The predicted octanol–water partition coefficient (Wildman–Crippen LogP) is 5.48. The Morgan fingerprint density at radius 1 is 1.12 bits per heavy atom. The molecule has 5 nitrogen and oxygen atoms in total. The highest BCUT2D eigenvalue weighted by Gasteiger charge is 2.31. The Balaban J connectivity index is 1.54. The summed E-state index contributed by atoms with van der Waals surface area (Å²) in [4.78, 5) is 27.1. The van der Waals surface area contributed by atoms with Crippen LogP contribution < -0.4 is 15.0 Å². The van der Waals surface area contributed by atoms with E-state index in [9.17, 15) is 14.0 Å². The zero-order valence-electron chi connectivity index (χ0n) is 17.5. The van der Waals surface area contributed by atoms with E-state index in [0.717, 1.165) is 12.8 Å². The van der Waals surface area contributed by atoms with E-state index in [2.05, 4.69) is 17.4 Å². The van der Waals surface area contributed by atoms with Crippen molar-refractivity contribution in [3.8, 4) is 5.75 Å². The molecule has 0 saturated heterocycles. The van der Waals surface area contributed by atoms with E-state index in [1.54, 1.807) is 30.0 Å². The standard InChI is InChI=1S/C25H22ClFN2O3/c1-16-25(31)29(14-6-9-17-7-3-2-4-8-17)21-15-18(12-13-22(21)32-16)28-24(30)23-19(26)10-5-11-20(23)27/h2-5,7-8,10-13,15-16H,6,9,14H2,1H3,(H,28,30). The van der Waals surface area contributed by atoms with E-state index in [1.807, 2.05) is 18.2 Å². The largest absolute Gasteiger partial charge is 0.479 e. The van der Waals surface area contributed by atoms with E-state index in [4.69, 9.17) is 16.3 Å². The second-order valence-electron chi connectivity index (χ2n) is 7.57. The molecule has 0 aromatic heterocycles. The Hall–Kier alpha value is -3.38. The van der Waals surface area contributed by atoms with Crippen LogP contribution in [0.5, 0.6) is 5.75 Å². The van der Waals surface area contributed by atoms with Crippen LogP contribution in [0.4, 0.5) is 15.8 Å². The summed E-state index contributed by atoms with van der Waals surface area (Å²) in [5.74, 6) is -0.965.